The van der Waals surface area contributed by atoms with Crippen molar-refractivity contribution in [2.45, 2.75) is 41.6 Å². The number of nitrogens with one attached hydrogen (secondary N) is 1. The largest absolute Gasteiger partial charge is 0.325 e. The van der Waals surface area contributed by atoms with E-state index in [2.05, 4.69) is 20.4 Å². The first-order chi connectivity index (χ1) is 15.8. The number of sulfonamides is 1. The van der Waals surface area contributed by atoms with Crippen molar-refractivity contribution in [2.75, 3.05) is 18.4 Å². The fraction of sp³-hybridized carbons (Fsp3) is 0.318. The summed E-state index contributed by atoms with van der Waals surface area (Å²) in [6.45, 7) is 4.60. The molecule has 0 aliphatic carbocycles. The van der Waals surface area contributed by atoms with Crippen LogP contribution in [0.4, 0.5) is 5.69 Å². The minimum Gasteiger partial charge on any atom is -0.325 e. The molecule has 3 aromatic rings. The molecule has 3 N–H and O–H groups in total. The second kappa shape index (κ2) is 10.0. The van der Waals surface area contributed by atoms with E-state index >= 15 is 0 Å². The van der Waals surface area contributed by atoms with Gasteiger partial charge in [-0.1, -0.05) is 30.0 Å². The van der Waals surface area contributed by atoms with Crippen molar-refractivity contribution < 1.29 is 13.2 Å². The van der Waals surface area contributed by atoms with E-state index in [1.807, 2.05) is 34.9 Å². The van der Waals surface area contributed by atoms with Gasteiger partial charge in [0, 0.05) is 11.4 Å². The molecule has 2 heterocycles. The van der Waals surface area contributed by atoms with Gasteiger partial charge in [0.15, 0.2) is 11.0 Å². The SMILES string of the molecule is C[C@@H](Sc1nnc(CN2CCCC2)n1-c1ccccc1)C(=O)Nc1ccc(S(N)(=O)=O)cc1. The van der Waals surface area contributed by atoms with Crippen LogP contribution in [0.3, 0.4) is 0 Å². The summed E-state index contributed by atoms with van der Waals surface area (Å²) in [5.74, 6) is 0.615. The normalized spacial score (nSPS) is 15.5. The summed E-state index contributed by atoms with van der Waals surface area (Å²) in [5, 5.41) is 16.9. The van der Waals surface area contributed by atoms with E-state index in [-0.39, 0.29) is 10.8 Å². The van der Waals surface area contributed by atoms with Gasteiger partial charge in [0.1, 0.15) is 0 Å². The van der Waals surface area contributed by atoms with Crippen molar-refractivity contribution in [1.29, 1.82) is 0 Å². The van der Waals surface area contributed by atoms with Crippen molar-refractivity contribution in [2.24, 2.45) is 5.14 Å². The Hall–Kier alpha value is -2.73. The molecule has 1 atom stereocenters. The summed E-state index contributed by atoms with van der Waals surface area (Å²) in [6.07, 6.45) is 2.38. The van der Waals surface area contributed by atoms with Gasteiger partial charge >= 0.3 is 0 Å². The van der Waals surface area contributed by atoms with Crippen molar-refractivity contribution >= 4 is 33.4 Å². The Kier molecular flexibility index (Phi) is 7.13. The van der Waals surface area contributed by atoms with Crippen LogP contribution in [0.2, 0.25) is 0 Å². The Bertz CT molecular complexity index is 1210. The van der Waals surface area contributed by atoms with Gasteiger partial charge < -0.3 is 5.32 Å². The number of para-hydroxylation sites is 1. The Labute approximate surface area is 197 Å². The number of thioether (sulfide) groups is 1. The highest BCUT2D eigenvalue weighted by molar-refractivity contribution is 8.00. The Balaban J connectivity index is 1.50. The number of likely N-dealkylation sites (tertiary alicyclic amines) is 1. The van der Waals surface area contributed by atoms with E-state index in [9.17, 15) is 13.2 Å². The number of hydrogen-bond acceptors (Lipinski definition) is 7. The molecule has 1 aliphatic heterocycles. The first-order valence-electron chi connectivity index (χ1n) is 10.6. The van der Waals surface area contributed by atoms with Crippen LogP contribution < -0.4 is 10.5 Å². The number of rotatable bonds is 8. The molecule has 1 amide bonds. The number of primary sulfonamides is 1. The second-order valence-electron chi connectivity index (χ2n) is 7.87. The second-order valence-corrected chi connectivity index (χ2v) is 10.7. The summed E-state index contributed by atoms with van der Waals surface area (Å²) in [7, 11) is -3.78. The molecule has 11 heteroatoms. The first-order valence-corrected chi connectivity index (χ1v) is 13.1. The lowest BCUT2D eigenvalue weighted by Crippen LogP contribution is -2.23. The predicted octanol–water partition coefficient (Wildman–Crippen LogP) is 2.63. The summed E-state index contributed by atoms with van der Waals surface area (Å²) in [5.41, 5.74) is 1.43. The Morgan fingerprint density at radius 3 is 2.39 bits per heavy atom. The molecule has 33 heavy (non-hydrogen) atoms. The number of amides is 1. The molecule has 174 valence electrons. The predicted molar refractivity (Wildman–Crippen MR) is 128 cm³/mol. The van der Waals surface area contributed by atoms with Gasteiger partial charge in [-0.15, -0.1) is 10.2 Å². The number of nitrogens with zero attached hydrogens (tertiary/aromatic N) is 4. The third-order valence-corrected chi connectivity index (χ3v) is 7.35. The number of anilines is 1. The molecule has 0 saturated carbocycles. The highest BCUT2D eigenvalue weighted by Crippen LogP contribution is 2.27. The van der Waals surface area contributed by atoms with Crippen LogP contribution in [0.1, 0.15) is 25.6 Å². The highest BCUT2D eigenvalue weighted by Gasteiger charge is 2.23. The molecule has 0 unspecified atom stereocenters. The molecule has 0 radical (unpaired) electrons. The van der Waals surface area contributed by atoms with Gasteiger partial charge in [0.05, 0.1) is 16.7 Å². The number of nitrogens with two attached hydrogens (primary N) is 1. The minimum absolute atomic E-state index is 0.00980. The fourth-order valence-corrected chi connectivity index (χ4v) is 5.04. The minimum atomic E-state index is -3.78. The fourth-order valence-electron chi connectivity index (χ4n) is 3.64. The maximum absolute atomic E-state index is 12.8. The van der Waals surface area contributed by atoms with Gasteiger partial charge in [0.25, 0.3) is 0 Å². The lowest BCUT2D eigenvalue weighted by Gasteiger charge is -2.17. The molecule has 0 bridgehead atoms. The smallest absolute Gasteiger partial charge is 0.238 e. The molecule has 2 aromatic carbocycles. The molecule has 1 saturated heterocycles. The monoisotopic (exact) mass is 486 g/mol. The Morgan fingerprint density at radius 2 is 1.76 bits per heavy atom. The van der Waals surface area contributed by atoms with E-state index in [0.717, 1.165) is 24.6 Å². The van der Waals surface area contributed by atoms with Crippen molar-refractivity contribution in [3.63, 3.8) is 0 Å². The number of aromatic nitrogens is 3. The molecule has 4 rings (SSSR count). The third kappa shape index (κ3) is 5.80. The average molecular weight is 487 g/mol. The van der Waals surface area contributed by atoms with Gasteiger partial charge in [-0.25, -0.2) is 13.6 Å². The third-order valence-electron chi connectivity index (χ3n) is 5.38. The van der Waals surface area contributed by atoms with E-state index in [4.69, 9.17) is 5.14 Å². The number of carbonyl (C=O) groups excluding carboxylic acids is 1. The van der Waals surface area contributed by atoms with Crippen molar-refractivity contribution in [3.8, 4) is 5.69 Å². The summed E-state index contributed by atoms with van der Waals surface area (Å²) in [6, 6.07) is 15.6. The summed E-state index contributed by atoms with van der Waals surface area (Å²) >= 11 is 1.32. The van der Waals surface area contributed by atoms with E-state index in [0.29, 0.717) is 17.4 Å². The van der Waals surface area contributed by atoms with E-state index in [1.165, 1.54) is 48.9 Å². The van der Waals surface area contributed by atoms with Gasteiger partial charge in [-0.3, -0.25) is 14.3 Å². The Morgan fingerprint density at radius 1 is 1.09 bits per heavy atom. The van der Waals surface area contributed by atoms with Crippen LogP contribution >= 0.6 is 11.8 Å². The van der Waals surface area contributed by atoms with Crippen LogP contribution in [-0.2, 0) is 21.4 Å². The van der Waals surface area contributed by atoms with Gasteiger partial charge in [-0.05, 0) is 69.3 Å². The standard InChI is InChI=1S/C22H26N6O3S2/c1-16(21(29)24-17-9-11-19(12-10-17)33(23,30)31)32-22-26-25-20(15-27-13-5-6-14-27)28(22)18-7-3-2-4-8-18/h2-4,7-12,16H,5-6,13-15H2,1H3,(H,24,29)(H2,23,30,31)/t16-/m1/s1. The lowest BCUT2D eigenvalue weighted by atomic mass is 10.3. The maximum atomic E-state index is 12.8. The first kappa shape index (κ1) is 23.4. The zero-order valence-electron chi connectivity index (χ0n) is 18.2. The van der Waals surface area contributed by atoms with E-state index in [1.54, 1.807) is 6.92 Å². The van der Waals surface area contributed by atoms with Crippen LogP contribution in [0.25, 0.3) is 5.69 Å². The molecular weight excluding hydrogens is 460 g/mol. The van der Waals surface area contributed by atoms with Crippen LogP contribution in [0, 0.1) is 0 Å². The van der Waals surface area contributed by atoms with Crippen molar-refractivity contribution in [3.05, 3.63) is 60.4 Å². The average Bonchev–Trinajstić information content (AvgIpc) is 3.44. The quantitative estimate of drug-likeness (QED) is 0.469. The summed E-state index contributed by atoms with van der Waals surface area (Å²) < 4.78 is 24.8. The molecule has 0 spiro atoms. The zero-order chi connectivity index (χ0) is 23.4. The molecule has 1 aliphatic rings. The zero-order valence-corrected chi connectivity index (χ0v) is 19.8. The van der Waals surface area contributed by atoms with Gasteiger partial charge in [-0.2, -0.15) is 0 Å². The maximum Gasteiger partial charge on any atom is 0.238 e. The van der Waals surface area contributed by atoms with Gasteiger partial charge in [0.2, 0.25) is 15.9 Å². The van der Waals surface area contributed by atoms with Crippen molar-refractivity contribution in [1.82, 2.24) is 19.7 Å². The molecular formula is C22H26N6O3S2. The topological polar surface area (TPSA) is 123 Å². The number of carbonyl (C=O) groups is 1. The molecule has 1 aromatic heterocycles. The number of hydrogen-bond donors (Lipinski definition) is 2. The number of benzene rings is 2. The lowest BCUT2D eigenvalue weighted by molar-refractivity contribution is -0.115. The highest BCUT2D eigenvalue weighted by atomic mass is 32.2. The van der Waals surface area contributed by atoms with Crippen LogP contribution in [-0.4, -0.2) is 52.3 Å². The van der Waals surface area contributed by atoms with Crippen LogP contribution in [0.15, 0.2) is 64.6 Å². The van der Waals surface area contributed by atoms with Crippen LogP contribution in [0.5, 0.6) is 0 Å². The summed E-state index contributed by atoms with van der Waals surface area (Å²) in [4.78, 5) is 15.1. The molecule has 1 fully saturated rings. The molecule has 9 nitrogen and oxygen atoms in total. The van der Waals surface area contributed by atoms with E-state index < -0.39 is 15.3 Å².